The maximum atomic E-state index is 11.8. The third kappa shape index (κ3) is 6.34. The molecule has 0 atom stereocenters. The molecule has 1 N–H and O–H groups in total. The van der Waals surface area contributed by atoms with E-state index in [2.05, 4.69) is 23.5 Å². The molecule has 6 nitrogen and oxygen atoms in total. The lowest BCUT2D eigenvalue weighted by Gasteiger charge is -2.10. The van der Waals surface area contributed by atoms with E-state index in [9.17, 15) is 4.79 Å². The largest absolute Gasteiger partial charge is 0.501 e. The van der Waals surface area contributed by atoms with E-state index < -0.39 is 0 Å². The minimum absolute atomic E-state index is 0.0822. The van der Waals surface area contributed by atoms with Gasteiger partial charge in [0.25, 0.3) is 0 Å². The molecule has 3 aromatic rings. The van der Waals surface area contributed by atoms with Crippen molar-refractivity contribution in [2.24, 2.45) is 7.05 Å². The van der Waals surface area contributed by atoms with Crippen LogP contribution in [0, 0.1) is 0 Å². The van der Waals surface area contributed by atoms with Gasteiger partial charge in [-0.2, -0.15) is 0 Å². The van der Waals surface area contributed by atoms with Crippen molar-refractivity contribution in [3.63, 3.8) is 0 Å². The fourth-order valence-electron chi connectivity index (χ4n) is 2.85. The Balaban J connectivity index is 0.000000323. The highest BCUT2D eigenvalue weighted by Gasteiger charge is 2.13. The number of aromatic nitrogens is 2. The Hall–Kier alpha value is -3.80. The van der Waals surface area contributed by atoms with Gasteiger partial charge in [-0.05, 0) is 31.2 Å². The predicted octanol–water partition coefficient (Wildman–Crippen LogP) is 5.45. The fraction of sp³-hybridized carbons (Fsp3) is 0.200. The van der Waals surface area contributed by atoms with Crippen LogP contribution in [0.4, 0.5) is 5.69 Å². The van der Waals surface area contributed by atoms with Crippen LogP contribution >= 0.6 is 0 Å². The van der Waals surface area contributed by atoms with Crippen LogP contribution in [0.15, 0.2) is 85.4 Å². The second kappa shape index (κ2) is 11.4. The minimum Gasteiger partial charge on any atom is -0.501 e. The summed E-state index contributed by atoms with van der Waals surface area (Å²) in [6.07, 6.45) is 3.60. The zero-order chi connectivity index (χ0) is 22.8. The van der Waals surface area contributed by atoms with Gasteiger partial charge in [0, 0.05) is 25.1 Å². The van der Waals surface area contributed by atoms with Gasteiger partial charge in [-0.3, -0.25) is 4.79 Å². The number of carbonyl (C=O) groups excluding carboxylic acids is 1. The van der Waals surface area contributed by atoms with E-state index >= 15 is 0 Å². The number of methoxy groups -OCH3 is 2. The number of imidazole rings is 1. The number of amides is 1. The Morgan fingerprint density at radius 3 is 2.45 bits per heavy atom. The summed E-state index contributed by atoms with van der Waals surface area (Å²) in [4.78, 5) is 16.5. The van der Waals surface area contributed by atoms with E-state index in [4.69, 9.17) is 9.47 Å². The Morgan fingerprint density at radius 1 is 1.13 bits per heavy atom. The van der Waals surface area contributed by atoms with Crippen molar-refractivity contribution in [1.29, 1.82) is 0 Å². The Labute approximate surface area is 183 Å². The van der Waals surface area contributed by atoms with Crippen LogP contribution in [0.25, 0.3) is 22.4 Å². The van der Waals surface area contributed by atoms with Crippen LogP contribution in [-0.2, 0) is 21.3 Å². The van der Waals surface area contributed by atoms with Crippen molar-refractivity contribution < 1.29 is 14.3 Å². The molecule has 2 aromatic carbocycles. The Bertz CT molecular complexity index is 1100. The second-order valence-electron chi connectivity index (χ2n) is 6.70. The highest BCUT2D eigenvalue weighted by Crippen LogP contribution is 2.29. The normalized spacial score (nSPS) is 10.6. The molecule has 0 bridgehead atoms. The van der Waals surface area contributed by atoms with E-state index in [1.165, 1.54) is 0 Å². The summed E-state index contributed by atoms with van der Waals surface area (Å²) in [5.74, 6) is 2.15. The number of ether oxygens (including phenoxy) is 2. The van der Waals surface area contributed by atoms with Crippen molar-refractivity contribution in [3.05, 3.63) is 85.4 Å². The van der Waals surface area contributed by atoms with Crippen LogP contribution in [0.2, 0.25) is 0 Å². The first-order chi connectivity index (χ1) is 14.9. The third-order valence-corrected chi connectivity index (χ3v) is 4.51. The fourth-order valence-corrected chi connectivity index (χ4v) is 2.85. The van der Waals surface area contributed by atoms with Gasteiger partial charge in [-0.1, -0.05) is 36.9 Å². The molecule has 1 amide bonds. The van der Waals surface area contributed by atoms with E-state index in [-0.39, 0.29) is 12.3 Å². The number of carbonyl (C=O) groups is 1. The molecule has 0 aliphatic carbocycles. The van der Waals surface area contributed by atoms with Gasteiger partial charge in [-0.15, -0.1) is 6.58 Å². The smallest absolute Gasteiger partial charge is 0.228 e. The van der Waals surface area contributed by atoms with Gasteiger partial charge in [0.1, 0.15) is 11.6 Å². The Kier molecular flexibility index (Phi) is 8.64. The zero-order valence-electron chi connectivity index (χ0n) is 18.5. The number of fused-ring (bicyclic) bond motifs is 1. The number of hydrogen-bond acceptors (Lipinski definition) is 4. The molecule has 0 saturated heterocycles. The van der Waals surface area contributed by atoms with Gasteiger partial charge in [0.2, 0.25) is 5.91 Å². The molecule has 0 radical (unpaired) electrons. The van der Waals surface area contributed by atoms with Crippen LogP contribution in [-0.4, -0.2) is 29.7 Å². The SMILES string of the molecule is C=C(/C=C(\C)OC)OC.C=CCC(=O)Nc1ccccc1-c1nc2ccccc2n1C. The predicted molar refractivity (Wildman–Crippen MR) is 127 cm³/mol. The van der Waals surface area contributed by atoms with Gasteiger partial charge in [-0.25, -0.2) is 4.98 Å². The summed E-state index contributed by atoms with van der Waals surface area (Å²) in [5.41, 5.74) is 3.66. The van der Waals surface area contributed by atoms with E-state index in [0.717, 1.165) is 33.9 Å². The highest BCUT2D eigenvalue weighted by atomic mass is 16.5. The van der Waals surface area contributed by atoms with Gasteiger partial charge in [0.15, 0.2) is 0 Å². The molecular weight excluding hydrogens is 390 g/mol. The summed E-state index contributed by atoms with van der Waals surface area (Å²) in [6, 6.07) is 15.7. The lowest BCUT2D eigenvalue weighted by molar-refractivity contribution is -0.115. The van der Waals surface area contributed by atoms with Crippen molar-refractivity contribution >= 4 is 22.6 Å². The van der Waals surface area contributed by atoms with Gasteiger partial charge >= 0.3 is 0 Å². The molecule has 3 rings (SSSR count). The monoisotopic (exact) mass is 419 g/mol. The topological polar surface area (TPSA) is 65.4 Å². The summed E-state index contributed by atoms with van der Waals surface area (Å²) in [7, 11) is 5.16. The van der Waals surface area contributed by atoms with E-state index in [0.29, 0.717) is 5.76 Å². The number of benzene rings is 2. The van der Waals surface area contributed by atoms with Crippen LogP contribution in [0.5, 0.6) is 0 Å². The molecule has 0 aliphatic heterocycles. The van der Waals surface area contributed by atoms with Crippen LogP contribution in [0.3, 0.4) is 0 Å². The van der Waals surface area contributed by atoms with Gasteiger partial charge < -0.3 is 19.4 Å². The van der Waals surface area contributed by atoms with E-state index in [1.807, 2.05) is 67.1 Å². The minimum atomic E-state index is -0.0822. The number of anilines is 1. The van der Waals surface area contributed by atoms with Crippen LogP contribution < -0.4 is 5.32 Å². The lowest BCUT2D eigenvalue weighted by Crippen LogP contribution is -2.11. The van der Waals surface area contributed by atoms with Gasteiger partial charge in [0.05, 0.1) is 36.7 Å². The number of nitrogens with zero attached hydrogens (tertiary/aromatic N) is 2. The molecule has 0 aliphatic rings. The molecular formula is C25H29N3O3. The maximum Gasteiger partial charge on any atom is 0.228 e. The molecule has 1 heterocycles. The number of hydrogen-bond donors (Lipinski definition) is 1. The standard InChI is InChI=1S/C18H17N3O.C7H12O2/c1-3-8-17(22)19-14-10-5-4-9-13(14)18-20-15-11-6-7-12-16(15)21(18)2;1-6(8-3)5-7(2)9-4/h3-7,9-12H,1,8H2,2H3,(H,19,22);5H,1H2,2-4H3/b;7-5+. The molecule has 162 valence electrons. The molecule has 0 unspecified atom stereocenters. The second-order valence-corrected chi connectivity index (χ2v) is 6.70. The van der Waals surface area contributed by atoms with Crippen LogP contribution in [0.1, 0.15) is 13.3 Å². The first kappa shape index (κ1) is 23.5. The average Bonchev–Trinajstić information content (AvgIpc) is 3.11. The number of para-hydroxylation sites is 3. The molecule has 0 saturated carbocycles. The number of rotatable bonds is 7. The molecule has 0 fully saturated rings. The van der Waals surface area contributed by atoms with Crippen molar-refractivity contribution in [1.82, 2.24) is 9.55 Å². The number of nitrogens with one attached hydrogen (secondary N) is 1. The Morgan fingerprint density at radius 2 is 1.81 bits per heavy atom. The summed E-state index contributed by atoms with van der Waals surface area (Å²) in [5, 5.41) is 2.92. The maximum absolute atomic E-state index is 11.8. The summed E-state index contributed by atoms with van der Waals surface area (Å²) < 4.78 is 11.7. The average molecular weight is 420 g/mol. The quantitative estimate of drug-likeness (QED) is 0.314. The summed E-state index contributed by atoms with van der Waals surface area (Å²) in [6.45, 7) is 9.01. The molecule has 6 heteroatoms. The number of aryl methyl sites for hydroxylation is 1. The molecule has 1 aromatic heterocycles. The first-order valence-electron chi connectivity index (χ1n) is 9.78. The molecule has 31 heavy (non-hydrogen) atoms. The first-order valence-corrected chi connectivity index (χ1v) is 9.78. The zero-order valence-corrected chi connectivity index (χ0v) is 18.5. The van der Waals surface area contributed by atoms with Crippen molar-refractivity contribution in [3.8, 4) is 11.4 Å². The highest BCUT2D eigenvalue weighted by molar-refractivity contribution is 5.96. The van der Waals surface area contributed by atoms with Crippen molar-refractivity contribution in [2.75, 3.05) is 19.5 Å². The van der Waals surface area contributed by atoms with E-state index in [1.54, 1.807) is 26.4 Å². The number of allylic oxidation sites excluding steroid dienone is 2. The van der Waals surface area contributed by atoms with Crippen molar-refractivity contribution in [2.45, 2.75) is 13.3 Å². The third-order valence-electron chi connectivity index (χ3n) is 4.51. The summed E-state index contributed by atoms with van der Waals surface area (Å²) >= 11 is 0. The lowest BCUT2D eigenvalue weighted by atomic mass is 10.1. The molecule has 0 spiro atoms.